The molecule has 0 spiro atoms. The van der Waals surface area contributed by atoms with E-state index < -0.39 is 0 Å². The smallest absolute Gasteiger partial charge is 0.252 e. The molecular formula is C12H12ClNO. The standard InChI is InChI=1S/C12H12ClNO/c1-2-3-6-9-14-12(15)10-7-4-5-8-11(10)13/h1,4-5,7-8H,3,6,9H2,(H,14,15). The minimum atomic E-state index is -0.155. The van der Waals surface area contributed by atoms with Crippen molar-refractivity contribution in [3.63, 3.8) is 0 Å². The van der Waals surface area contributed by atoms with Gasteiger partial charge in [0.15, 0.2) is 0 Å². The van der Waals surface area contributed by atoms with Gasteiger partial charge in [-0.3, -0.25) is 4.79 Å². The van der Waals surface area contributed by atoms with E-state index in [1.165, 1.54) is 0 Å². The van der Waals surface area contributed by atoms with Crippen LogP contribution in [-0.4, -0.2) is 12.5 Å². The van der Waals surface area contributed by atoms with E-state index in [1.807, 2.05) is 0 Å². The normalized spacial score (nSPS) is 9.33. The first-order valence-electron chi connectivity index (χ1n) is 4.72. The predicted octanol–water partition coefficient (Wildman–Crippen LogP) is 2.48. The highest BCUT2D eigenvalue weighted by Crippen LogP contribution is 2.14. The summed E-state index contributed by atoms with van der Waals surface area (Å²) in [6.07, 6.45) is 6.55. The number of terminal acetylenes is 1. The summed E-state index contributed by atoms with van der Waals surface area (Å²) in [6.45, 7) is 0.578. The zero-order valence-electron chi connectivity index (χ0n) is 8.29. The Morgan fingerprint density at radius 3 is 2.87 bits per heavy atom. The van der Waals surface area contributed by atoms with E-state index in [-0.39, 0.29) is 5.91 Å². The highest BCUT2D eigenvalue weighted by Gasteiger charge is 2.07. The summed E-state index contributed by atoms with van der Waals surface area (Å²) in [5.41, 5.74) is 0.500. The van der Waals surface area contributed by atoms with Gasteiger partial charge in [-0.25, -0.2) is 0 Å². The zero-order chi connectivity index (χ0) is 11.1. The van der Waals surface area contributed by atoms with Gasteiger partial charge in [0.05, 0.1) is 10.6 Å². The van der Waals surface area contributed by atoms with Crippen LogP contribution < -0.4 is 5.32 Å². The van der Waals surface area contributed by atoms with Crippen molar-refractivity contribution in [2.45, 2.75) is 12.8 Å². The molecule has 1 aromatic rings. The molecule has 0 saturated carbocycles. The topological polar surface area (TPSA) is 29.1 Å². The van der Waals surface area contributed by atoms with Crippen LogP contribution in [0.5, 0.6) is 0 Å². The first-order chi connectivity index (χ1) is 7.25. The highest BCUT2D eigenvalue weighted by molar-refractivity contribution is 6.33. The fraction of sp³-hybridized carbons (Fsp3) is 0.250. The van der Waals surface area contributed by atoms with Crippen LogP contribution in [-0.2, 0) is 0 Å². The number of carbonyl (C=O) groups excluding carboxylic acids is 1. The third kappa shape index (κ3) is 3.65. The molecular weight excluding hydrogens is 210 g/mol. The van der Waals surface area contributed by atoms with Gasteiger partial charge in [0.1, 0.15) is 0 Å². The summed E-state index contributed by atoms with van der Waals surface area (Å²) in [4.78, 5) is 11.6. The summed E-state index contributed by atoms with van der Waals surface area (Å²) in [6, 6.07) is 6.95. The first kappa shape index (κ1) is 11.6. The van der Waals surface area contributed by atoms with Crippen molar-refractivity contribution in [3.8, 4) is 12.3 Å². The second-order valence-corrected chi connectivity index (χ2v) is 3.45. The fourth-order valence-electron chi connectivity index (χ4n) is 1.13. The number of carbonyl (C=O) groups is 1. The Hall–Kier alpha value is -1.46. The summed E-state index contributed by atoms with van der Waals surface area (Å²) in [7, 11) is 0. The van der Waals surface area contributed by atoms with Crippen LogP contribution in [0.15, 0.2) is 24.3 Å². The molecule has 3 heteroatoms. The molecule has 1 N–H and O–H groups in total. The van der Waals surface area contributed by atoms with E-state index in [1.54, 1.807) is 24.3 Å². The van der Waals surface area contributed by atoms with E-state index in [4.69, 9.17) is 18.0 Å². The SMILES string of the molecule is C#CCCCNC(=O)c1ccccc1Cl. The molecule has 1 aromatic carbocycles. The Morgan fingerprint density at radius 2 is 2.20 bits per heavy atom. The van der Waals surface area contributed by atoms with Crippen molar-refractivity contribution < 1.29 is 4.79 Å². The molecule has 0 saturated heterocycles. The van der Waals surface area contributed by atoms with Gasteiger partial charge in [-0.05, 0) is 18.6 Å². The van der Waals surface area contributed by atoms with Crippen LogP contribution in [0, 0.1) is 12.3 Å². The molecule has 0 aliphatic rings. The molecule has 0 radical (unpaired) electrons. The molecule has 15 heavy (non-hydrogen) atoms. The number of benzene rings is 1. The number of hydrogen-bond acceptors (Lipinski definition) is 1. The van der Waals surface area contributed by atoms with Gasteiger partial charge in [0.2, 0.25) is 0 Å². The summed E-state index contributed by atoms with van der Waals surface area (Å²) < 4.78 is 0. The quantitative estimate of drug-likeness (QED) is 0.614. The van der Waals surface area contributed by atoms with Crippen molar-refractivity contribution in [2.75, 3.05) is 6.54 Å². The zero-order valence-corrected chi connectivity index (χ0v) is 9.05. The Morgan fingerprint density at radius 1 is 1.47 bits per heavy atom. The molecule has 0 unspecified atom stereocenters. The van der Waals surface area contributed by atoms with Crippen LogP contribution in [0.25, 0.3) is 0 Å². The number of amides is 1. The Bertz CT molecular complexity index is 381. The van der Waals surface area contributed by atoms with E-state index in [9.17, 15) is 4.79 Å². The number of rotatable bonds is 4. The lowest BCUT2D eigenvalue weighted by Gasteiger charge is -2.05. The molecule has 0 bridgehead atoms. The molecule has 0 heterocycles. The predicted molar refractivity (Wildman–Crippen MR) is 61.9 cm³/mol. The van der Waals surface area contributed by atoms with Gasteiger partial charge in [0.25, 0.3) is 5.91 Å². The molecule has 0 aliphatic heterocycles. The van der Waals surface area contributed by atoms with Gasteiger partial charge in [0, 0.05) is 13.0 Å². The van der Waals surface area contributed by atoms with Crippen molar-refractivity contribution >= 4 is 17.5 Å². The Balaban J connectivity index is 2.48. The Labute approximate surface area is 94.6 Å². The largest absolute Gasteiger partial charge is 0.352 e. The molecule has 0 fully saturated rings. The van der Waals surface area contributed by atoms with E-state index in [2.05, 4.69) is 11.2 Å². The summed E-state index contributed by atoms with van der Waals surface area (Å²) >= 11 is 5.87. The van der Waals surface area contributed by atoms with Crippen LogP contribution in [0.2, 0.25) is 5.02 Å². The van der Waals surface area contributed by atoms with Crippen molar-refractivity contribution in [1.29, 1.82) is 0 Å². The minimum Gasteiger partial charge on any atom is -0.352 e. The number of hydrogen-bond donors (Lipinski definition) is 1. The number of unbranched alkanes of at least 4 members (excludes halogenated alkanes) is 1. The lowest BCUT2D eigenvalue weighted by Crippen LogP contribution is -2.24. The fourth-order valence-corrected chi connectivity index (χ4v) is 1.35. The van der Waals surface area contributed by atoms with Crippen LogP contribution >= 0.6 is 11.6 Å². The number of nitrogens with one attached hydrogen (secondary N) is 1. The van der Waals surface area contributed by atoms with Crippen LogP contribution in [0.3, 0.4) is 0 Å². The molecule has 0 aromatic heterocycles. The van der Waals surface area contributed by atoms with Gasteiger partial charge >= 0.3 is 0 Å². The number of halogens is 1. The van der Waals surface area contributed by atoms with Gasteiger partial charge < -0.3 is 5.32 Å². The summed E-state index contributed by atoms with van der Waals surface area (Å²) in [5.74, 6) is 2.36. The van der Waals surface area contributed by atoms with E-state index >= 15 is 0 Å². The lowest BCUT2D eigenvalue weighted by molar-refractivity contribution is 0.0953. The van der Waals surface area contributed by atoms with Crippen molar-refractivity contribution in [2.24, 2.45) is 0 Å². The molecule has 2 nitrogen and oxygen atoms in total. The molecule has 78 valence electrons. The van der Waals surface area contributed by atoms with Crippen LogP contribution in [0.1, 0.15) is 23.2 Å². The second-order valence-electron chi connectivity index (χ2n) is 3.04. The minimum absolute atomic E-state index is 0.155. The average Bonchev–Trinajstić information content (AvgIpc) is 2.25. The molecule has 0 aliphatic carbocycles. The van der Waals surface area contributed by atoms with E-state index in [0.717, 1.165) is 6.42 Å². The Kier molecular flexibility index (Phi) is 4.73. The molecule has 1 rings (SSSR count). The maximum atomic E-state index is 11.6. The van der Waals surface area contributed by atoms with Crippen LogP contribution in [0.4, 0.5) is 0 Å². The van der Waals surface area contributed by atoms with Gasteiger partial charge in [-0.1, -0.05) is 23.7 Å². The van der Waals surface area contributed by atoms with Gasteiger partial charge in [-0.15, -0.1) is 12.3 Å². The maximum absolute atomic E-state index is 11.6. The van der Waals surface area contributed by atoms with E-state index in [0.29, 0.717) is 23.6 Å². The molecule has 1 amide bonds. The molecule has 0 atom stereocenters. The second kappa shape index (κ2) is 6.10. The third-order valence-corrected chi connectivity index (χ3v) is 2.23. The van der Waals surface area contributed by atoms with Crippen molar-refractivity contribution in [1.82, 2.24) is 5.32 Å². The maximum Gasteiger partial charge on any atom is 0.252 e. The van der Waals surface area contributed by atoms with Crippen molar-refractivity contribution in [3.05, 3.63) is 34.9 Å². The first-order valence-corrected chi connectivity index (χ1v) is 5.09. The third-order valence-electron chi connectivity index (χ3n) is 1.90. The van der Waals surface area contributed by atoms with Gasteiger partial charge in [-0.2, -0.15) is 0 Å². The highest BCUT2D eigenvalue weighted by atomic mass is 35.5. The summed E-state index contributed by atoms with van der Waals surface area (Å²) in [5, 5.41) is 3.22. The average molecular weight is 222 g/mol. The monoisotopic (exact) mass is 221 g/mol. The lowest BCUT2D eigenvalue weighted by atomic mass is 10.2.